The molecule has 0 amide bonds. The second-order valence-electron chi connectivity index (χ2n) is 4.36. The molecule has 1 N–H and O–H groups in total. The van der Waals surface area contributed by atoms with E-state index >= 15 is 0 Å². The van der Waals surface area contributed by atoms with Crippen LogP contribution in [-0.4, -0.2) is 28.3 Å². The molecule has 4 heteroatoms. The lowest BCUT2D eigenvalue weighted by Gasteiger charge is -2.09. The van der Waals surface area contributed by atoms with E-state index in [1.807, 2.05) is 7.05 Å². The lowest BCUT2D eigenvalue weighted by Crippen LogP contribution is -2.25. The Morgan fingerprint density at radius 3 is 2.60 bits per heavy atom. The molecule has 1 aromatic heterocycles. The Morgan fingerprint density at radius 1 is 1.27 bits per heavy atom. The fourth-order valence-electron chi connectivity index (χ4n) is 1.36. The third-order valence-electron chi connectivity index (χ3n) is 2.25. The number of aromatic nitrogens is 3. The van der Waals surface area contributed by atoms with Crippen LogP contribution in [-0.2, 0) is 12.8 Å². The summed E-state index contributed by atoms with van der Waals surface area (Å²) in [5.41, 5.74) is 1.04. The van der Waals surface area contributed by atoms with Gasteiger partial charge in [0.1, 0.15) is 0 Å². The van der Waals surface area contributed by atoms with Crippen molar-refractivity contribution in [3.05, 3.63) is 17.7 Å². The van der Waals surface area contributed by atoms with Crippen molar-refractivity contribution in [2.45, 2.75) is 39.7 Å². The lowest BCUT2D eigenvalue weighted by molar-refractivity contribution is 0.573. The fourth-order valence-corrected chi connectivity index (χ4v) is 1.36. The van der Waals surface area contributed by atoms with Gasteiger partial charge in [-0.15, -0.1) is 5.10 Å². The molecular weight excluding hydrogens is 188 g/mol. The molecule has 84 valence electrons. The molecule has 0 aromatic carbocycles. The maximum atomic E-state index is 4.49. The Hall–Kier alpha value is -1.03. The summed E-state index contributed by atoms with van der Waals surface area (Å²) in [6.07, 6.45) is 3.55. The number of nitrogens with one attached hydrogen (secondary N) is 1. The van der Waals surface area contributed by atoms with Gasteiger partial charge in [-0.2, -0.15) is 5.10 Å². The number of hydrogen-bond acceptors (Lipinski definition) is 4. The molecule has 0 aliphatic carbocycles. The van der Waals surface area contributed by atoms with E-state index in [0.29, 0.717) is 12.0 Å². The molecule has 0 spiro atoms. The van der Waals surface area contributed by atoms with Crippen LogP contribution in [0, 0.1) is 5.92 Å². The molecular formula is C11H20N4. The van der Waals surface area contributed by atoms with Crippen molar-refractivity contribution in [3.63, 3.8) is 0 Å². The van der Waals surface area contributed by atoms with Crippen molar-refractivity contribution in [3.8, 4) is 0 Å². The second kappa shape index (κ2) is 5.75. The van der Waals surface area contributed by atoms with Crippen molar-refractivity contribution < 1.29 is 0 Å². The van der Waals surface area contributed by atoms with Gasteiger partial charge in [0.15, 0.2) is 5.82 Å². The van der Waals surface area contributed by atoms with Gasteiger partial charge in [0, 0.05) is 12.5 Å². The molecule has 0 saturated heterocycles. The summed E-state index contributed by atoms with van der Waals surface area (Å²) in [5, 5.41) is 11.2. The third kappa shape index (κ3) is 4.34. The Morgan fingerprint density at radius 2 is 2.00 bits per heavy atom. The zero-order valence-corrected chi connectivity index (χ0v) is 9.99. The fraction of sp³-hybridized carbons (Fsp3) is 0.727. The molecule has 1 unspecified atom stereocenters. The van der Waals surface area contributed by atoms with Gasteiger partial charge in [-0.3, -0.25) is 0 Å². The van der Waals surface area contributed by atoms with Crippen LogP contribution in [0.1, 0.15) is 32.3 Å². The average Bonchev–Trinajstić information content (AvgIpc) is 2.17. The smallest absolute Gasteiger partial charge is 0.152 e. The monoisotopic (exact) mass is 208 g/mol. The Bertz CT molecular complexity index is 298. The van der Waals surface area contributed by atoms with E-state index in [1.54, 1.807) is 6.20 Å². The molecule has 4 nitrogen and oxygen atoms in total. The minimum absolute atomic E-state index is 0.390. The van der Waals surface area contributed by atoms with E-state index in [9.17, 15) is 0 Å². The van der Waals surface area contributed by atoms with Gasteiger partial charge in [0.25, 0.3) is 0 Å². The van der Waals surface area contributed by atoms with Crippen LogP contribution in [0.25, 0.3) is 0 Å². The summed E-state index contributed by atoms with van der Waals surface area (Å²) in [6.45, 7) is 6.47. The number of hydrogen-bond donors (Lipinski definition) is 1. The molecule has 1 heterocycles. The van der Waals surface area contributed by atoms with Crippen LogP contribution in [0.15, 0.2) is 6.20 Å². The maximum absolute atomic E-state index is 4.49. The van der Waals surface area contributed by atoms with Crippen LogP contribution in [0.4, 0.5) is 0 Å². The largest absolute Gasteiger partial charge is 0.317 e. The lowest BCUT2D eigenvalue weighted by atomic mass is 10.1. The quantitative estimate of drug-likeness (QED) is 0.790. The highest BCUT2D eigenvalue weighted by atomic mass is 15.1. The molecule has 1 rings (SSSR count). The van der Waals surface area contributed by atoms with Gasteiger partial charge in [0.2, 0.25) is 0 Å². The van der Waals surface area contributed by atoms with E-state index in [-0.39, 0.29) is 0 Å². The molecule has 15 heavy (non-hydrogen) atoms. The van der Waals surface area contributed by atoms with Crippen LogP contribution in [0.3, 0.4) is 0 Å². The Kier molecular flexibility index (Phi) is 4.62. The SMILES string of the molecule is CNC(C)Cc1nncc(CC(C)C)n1. The molecule has 0 aliphatic rings. The normalized spacial score (nSPS) is 13.1. The van der Waals surface area contributed by atoms with E-state index in [4.69, 9.17) is 0 Å². The van der Waals surface area contributed by atoms with E-state index < -0.39 is 0 Å². The first-order valence-corrected chi connectivity index (χ1v) is 5.46. The van der Waals surface area contributed by atoms with Crippen LogP contribution in [0.5, 0.6) is 0 Å². The predicted molar refractivity (Wildman–Crippen MR) is 60.6 cm³/mol. The first-order chi connectivity index (χ1) is 7.11. The van der Waals surface area contributed by atoms with Gasteiger partial charge < -0.3 is 5.32 Å². The highest BCUT2D eigenvalue weighted by Gasteiger charge is 2.06. The van der Waals surface area contributed by atoms with Gasteiger partial charge in [0.05, 0.1) is 11.9 Å². The Labute approximate surface area is 91.5 Å². The third-order valence-corrected chi connectivity index (χ3v) is 2.25. The zero-order chi connectivity index (χ0) is 11.3. The first kappa shape index (κ1) is 12.0. The topological polar surface area (TPSA) is 50.7 Å². The van der Waals surface area contributed by atoms with Crippen molar-refractivity contribution in [1.82, 2.24) is 20.5 Å². The second-order valence-corrected chi connectivity index (χ2v) is 4.36. The minimum atomic E-state index is 0.390. The van der Waals surface area contributed by atoms with Gasteiger partial charge in [-0.1, -0.05) is 13.8 Å². The van der Waals surface area contributed by atoms with E-state index in [1.165, 1.54) is 0 Å². The highest BCUT2D eigenvalue weighted by Crippen LogP contribution is 2.04. The first-order valence-electron chi connectivity index (χ1n) is 5.46. The summed E-state index contributed by atoms with van der Waals surface area (Å²) >= 11 is 0. The van der Waals surface area contributed by atoms with Crippen LogP contribution < -0.4 is 5.32 Å². The average molecular weight is 208 g/mol. The number of rotatable bonds is 5. The summed E-state index contributed by atoms with van der Waals surface area (Å²) in [4.78, 5) is 4.49. The highest BCUT2D eigenvalue weighted by molar-refractivity contribution is 4.98. The number of likely N-dealkylation sites (N-methyl/N-ethyl adjacent to an activating group) is 1. The summed E-state index contributed by atoms with van der Waals surface area (Å²) in [6, 6.07) is 0.390. The summed E-state index contributed by atoms with van der Waals surface area (Å²) in [7, 11) is 1.94. The van der Waals surface area contributed by atoms with Gasteiger partial charge >= 0.3 is 0 Å². The van der Waals surface area contributed by atoms with Crippen molar-refractivity contribution in [2.24, 2.45) is 5.92 Å². The molecule has 1 aromatic rings. The molecule has 0 saturated carbocycles. The van der Waals surface area contributed by atoms with Gasteiger partial charge in [-0.25, -0.2) is 4.98 Å². The molecule has 0 radical (unpaired) electrons. The van der Waals surface area contributed by atoms with E-state index in [0.717, 1.165) is 24.4 Å². The van der Waals surface area contributed by atoms with Crippen LogP contribution >= 0.6 is 0 Å². The summed E-state index contributed by atoms with van der Waals surface area (Å²) < 4.78 is 0. The zero-order valence-electron chi connectivity index (χ0n) is 9.99. The number of nitrogens with zero attached hydrogens (tertiary/aromatic N) is 3. The van der Waals surface area contributed by atoms with Crippen molar-refractivity contribution in [1.29, 1.82) is 0 Å². The van der Waals surface area contributed by atoms with Crippen LogP contribution in [0.2, 0.25) is 0 Å². The van der Waals surface area contributed by atoms with Crippen molar-refractivity contribution >= 4 is 0 Å². The molecule has 0 fully saturated rings. The standard InChI is InChI=1S/C11H20N4/c1-8(2)5-10-7-13-15-11(14-10)6-9(3)12-4/h7-9,12H,5-6H2,1-4H3. The van der Waals surface area contributed by atoms with E-state index in [2.05, 4.69) is 41.3 Å². The molecule has 0 aliphatic heterocycles. The predicted octanol–water partition coefficient (Wildman–Crippen LogP) is 1.22. The molecule has 0 bridgehead atoms. The minimum Gasteiger partial charge on any atom is -0.317 e. The summed E-state index contributed by atoms with van der Waals surface area (Å²) in [5.74, 6) is 1.44. The van der Waals surface area contributed by atoms with Gasteiger partial charge in [-0.05, 0) is 26.3 Å². The van der Waals surface area contributed by atoms with Crippen molar-refractivity contribution in [2.75, 3.05) is 7.05 Å². The molecule has 1 atom stereocenters. The maximum Gasteiger partial charge on any atom is 0.152 e. The Balaban J connectivity index is 2.65.